The fourth-order valence-electron chi connectivity index (χ4n) is 3.66. The number of carboxylic acid groups (broad SMARTS) is 1. The highest BCUT2D eigenvalue weighted by Crippen LogP contribution is 2.19. The Morgan fingerprint density at radius 1 is 1.13 bits per heavy atom. The second-order valence-corrected chi connectivity index (χ2v) is 9.60. The van der Waals surface area contributed by atoms with E-state index in [2.05, 4.69) is 20.3 Å². The number of aryl methyl sites for hydroxylation is 1. The summed E-state index contributed by atoms with van der Waals surface area (Å²) in [5.41, 5.74) is 8.05. The van der Waals surface area contributed by atoms with Gasteiger partial charge in [-0.2, -0.15) is 4.98 Å². The van der Waals surface area contributed by atoms with E-state index in [-0.39, 0.29) is 41.6 Å². The average Bonchev–Trinajstić information content (AvgIpc) is 3.25. The summed E-state index contributed by atoms with van der Waals surface area (Å²) in [6, 6.07) is 16.3. The third-order valence-electron chi connectivity index (χ3n) is 5.85. The van der Waals surface area contributed by atoms with Crippen LogP contribution < -0.4 is 15.8 Å². The van der Waals surface area contributed by atoms with Gasteiger partial charge in [0.15, 0.2) is 5.69 Å². The van der Waals surface area contributed by atoms with E-state index in [0.717, 1.165) is 18.5 Å². The van der Waals surface area contributed by atoms with Crippen LogP contribution in [0.2, 0.25) is 5.02 Å². The van der Waals surface area contributed by atoms with Crippen molar-refractivity contribution in [3.63, 3.8) is 0 Å². The molecule has 1 aliphatic rings. The van der Waals surface area contributed by atoms with E-state index in [1.807, 2.05) is 45.0 Å². The lowest BCUT2D eigenvalue weighted by Crippen LogP contribution is -2.20. The minimum absolute atomic E-state index is 0.0259. The lowest BCUT2D eigenvalue weighted by Gasteiger charge is -2.12. The van der Waals surface area contributed by atoms with Crippen LogP contribution in [0.15, 0.2) is 59.6 Å². The van der Waals surface area contributed by atoms with Crippen LogP contribution in [0, 0.1) is 0 Å². The Bertz CT molecular complexity index is 1310. The predicted molar refractivity (Wildman–Crippen MR) is 150 cm³/mol. The number of amidine groups is 1. The zero-order chi connectivity index (χ0) is 28.5. The SMILES string of the molecule is COc1cc(C(=O)O)nc(C(C)C)n1.C[C@H]1OC(N)=N[C@H]1CCc1ccc(NC(=O)c2ccc(Cl)cc2)cc1. The maximum atomic E-state index is 12.2. The second-order valence-electron chi connectivity index (χ2n) is 9.17. The van der Waals surface area contributed by atoms with Gasteiger partial charge in [-0.1, -0.05) is 37.6 Å². The van der Waals surface area contributed by atoms with Crippen molar-refractivity contribution in [1.29, 1.82) is 0 Å². The molecule has 206 valence electrons. The summed E-state index contributed by atoms with van der Waals surface area (Å²) in [7, 11) is 1.44. The maximum Gasteiger partial charge on any atom is 0.354 e. The summed E-state index contributed by atoms with van der Waals surface area (Å²) >= 11 is 5.83. The molecule has 1 aliphatic heterocycles. The number of carbonyl (C=O) groups is 2. The van der Waals surface area contributed by atoms with Crippen molar-refractivity contribution in [2.24, 2.45) is 10.7 Å². The molecular weight excluding hydrogens is 522 g/mol. The molecule has 0 unspecified atom stereocenters. The number of benzene rings is 2. The number of aromatic nitrogens is 2. The minimum atomic E-state index is -1.08. The summed E-state index contributed by atoms with van der Waals surface area (Å²) in [6.45, 7) is 5.75. The van der Waals surface area contributed by atoms with Gasteiger partial charge in [0.1, 0.15) is 11.9 Å². The lowest BCUT2D eigenvalue weighted by atomic mass is 10.0. The van der Waals surface area contributed by atoms with Crippen LogP contribution in [-0.4, -0.2) is 52.2 Å². The van der Waals surface area contributed by atoms with Gasteiger partial charge in [0.05, 0.1) is 13.2 Å². The Kier molecular flexibility index (Phi) is 10.2. The molecule has 11 heteroatoms. The number of amides is 1. The molecule has 10 nitrogen and oxygen atoms in total. The summed E-state index contributed by atoms with van der Waals surface area (Å²) in [5.74, 6) is -0.412. The third kappa shape index (κ3) is 8.68. The van der Waals surface area contributed by atoms with Crippen LogP contribution >= 0.6 is 11.6 Å². The number of hydrogen-bond donors (Lipinski definition) is 3. The Morgan fingerprint density at radius 3 is 2.33 bits per heavy atom. The smallest absolute Gasteiger partial charge is 0.354 e. The number of anilines is 1. The zero-order valence-electron chi connectivity index (χ0n) is 22.2. The van der Waals surface area contributed by atoms with Gasteiger partial charge < -0.3 is 25.6 Å². The largest absolute Gasteiger partial charge is 0.481 e. The number of carboxylic acids is 1. The molecular formula is C28H32ClN5O5. The molecule has 3 aromatic rings. The van der Waals surface area contributed by atoms with Crippen LogP contribution in [0.25, 0.3) is 0 Å². The quantitative estimate of drug-likeness (QED) is 0.355. The number of nitrogens with two attached hydrogens (primary N) is 1. The molecule has 0 saturated heterocycles. The number of nitrogens with zero attached hydrogens (tertiary/aromatic N) is 3. The van der Waals surface area contributed by atoms with Gasteiger partial charge in [0, 0.05) is 28.3 Å². The lowest BCUT2D eigenvalue weighted by molar-refractivity contribution is 0.0689. The summed E-state index contributed by atoms with van der Waals surface area (Å²) in [5, 5.41) is 12.2. The average molecular weight is 554 g/mol. The van der Waals surface area contributed by atoms with E-state index in [4.69, 9.17) is 31.9 Å². The maximum absolute atomic E-state index is 12.2. The first kappa shape index (κ1) is 29.4. The Morgan fingerprint density at radius 2 is 1.79 bits per heavy atom. The van der Waals surface area contributed by atoms with Crippen LogP contribution in [0.1, 0.15) is 65.3 Å². The Labute approximate surface area is 232 Å². The van der Waals surface area contributed by atoms with E-state index in [1.54, 1.807) is 24.3 Å². The molecule has 4 rings (SSSR count). The fourth-order valence-corrected chi connectivity index (χ4v) is 3.78. The van der Waals surface area contributed by atoms with Crippen molar-refractivity contribution in [3.05, 3.63) is 82.3 Å². The molecule has 1 amide bonds. The zero-order valence-corrected chi connectivity index (χ0v) is 23.0. The Balaban J connectivity index is 0.000000255. The number of ether oxygens (including phenoxy) is 2. The number of hydrogen-bond acceptors (Lipinski definition) is 8. The van der Waals surface area contributed by atoms with Crippen LogP contribution in [-0.2, 0) is 11.2 Å². The summed E-state index contributed by atoms with van der Waals surface area (Å²) < 4.78 is 10.2. The molecule has 0 aliphatic carbocycles. The number of aromatic carboxylic acids is 1. The topological polar surface area (TPSA) is 149 Å². The molecule has 2 atom stereocenters. The number of methoxy groups -OCH3 is 1. The van der Waals surface area contributed by atoms with Gasteiger partial charge >= 0.3 is 5.97 Å². The van der Waals surface area contributed by atoms with Gasteiger partial charge in [0.25, 0.3) is 11.9 Å². The molecule has 39 heavy (non-hydrogen) atoms. The number of rotatable bonds is 8. The highest BCUT2D eigenvalue weighted by atomic mass is 35.5. The standard InChI is InChI=1S/C19H20ClN3O2.C9H12N2O3/c1-12-17(23-19(21)25-12)11-4-13-2-9-16(10-3-13)22-18(24)14-5-7-15(20)8-6-14;1-5(2)8-10-6(9(12)13)4-7(11-8)14-3/h2-3,5-10,12,17H,4,11H2,1H3,(H2,21,23)(H,22,24);4-5H,1-3H3,(H,12,13)/t12-,17+;/m1./s1. The van der Waals surface area contributed by atoms with Gasteiger partial charge in [-0.25, -0.2) is 14.8 Å². The third-order valence-corrected chi connectivity index (χ3v) is 6.11. The predicted octanol–water partition coefficient (Wildman–Crippen LogP) is 4.93. The van der Waals surface area contributed by atoms with Gasteiger partial charge in [-0.3, -0.25) is 4.79 Å². The summed E-state index contributed by atoms with van der Waals surface area (Å²) in [4.78, 5) is 35.1. The van der Waals surface area contributed by atoms with Gasteiger partial charge in [0.2, 0.25) is 5.88 Å². The van der Waals surface area contributed by atoms with Crippen molar-refractivity contribution in [2.75, 3.05) is 12.4 Å². The number of carbonyl (C=O) groups excluding carboxylic acids is 1. The first-order chi connectivity index (χ1) is 18.5. The monoisotopic (exact) mass is 553 g/mol. The van der Waals surface area contributed by atoms with E-state index in [1.165, 1.54) is 18.7 Å². The molecule has 0 spiro atoms. The molecule has 0 fully saturated rings. The van der Waals surface area contributed by atoms with Crippen molar-refractivity contribution < 1.29 is 24.2 Å². The fraction of sp³-hybridized carbons (Fsp3) is 0.321. The van der Waals surface area contributed by atoms with Crippen LogP contribution in [0.4, 0.5) is 5.69 Å². The highest BCUT2D eigenvalue weighted by molar-refractivity contribution is 6.30. The van der Waals surface area contributed by atoms with Crippen molar-refractivity contribution in [3.8, 4) is 5.88 Å². The summed E-state index contributed by atoms with van der Waals surface area (Å²) in [6.07, 6.45) is 1.77. The molecule has 4 N–H and O–H groups in total. The van der Waals surface area contributed by atoms with Crippen molar-refractivity contribution >= 4 is 35.2 Å². The minimum Gasteiger partial charge on any atom is -0.481 e. The first-order valence-corrected chi connectivity index (χ1v) is 12.8. The highest BCUT2D eigenvalue weighted by Gasteiger charge is 2.25. The molecule has 2 heterocycles. The van der Waals surface area contributed by atoms with Gasteiger partial charge in [-0.05, 0) is 61.7 Å². The van der Waals surface area contributed by atoms with Crippen molar-refractivity contribution in [1.82, 2.24) is 9.97 Å². The number of nitrogens with one attached hydrogen (secondary N) is 1. The molecule has 0 saturated carbocycles. The van der Waals surface area contributed by atoms with Crippen molar-refractivity contribution in [2.45, 2.75) is 51.7 Å². The molecule has 2 aromatic carbocycles. The normalized spacial score (nSPS) is 16.0. The number of aliphatic imine (C=N–C) groups is 1. The van der Waals surface area contributed by atoms with E-state index < -0.39 is 5.97 Å². The molecule has 0 bridgehead atoms. The van der Waals surface area contributed by atoms with Crippen LogP contribution in [0.3, 0.4) is 0 Å². The first-order valence-electron chi connectivity index (χ1n) is 12.4. The van der Waals surface area contributed by atoms with Crippen LogP contribution in [0.5, 0.6) is 5.88 Å². The van der Waals surface area contributed by atoms with Gasteiger partial charge in [-0.15, -0.1) is 0 Å². The number of halogens is 1. The van der Waals surface area contributed by atoms with E-state index >= 15 is 0 Å². The Hall–Kier alpha value is -4.18. The van der Waals surface area contributed by atoms with E-state index in [0.29, 0.717) is 16.4 Å². The second kappa shape index (κ2) is 13.6. The van der Waals surface area contributed by atoms with E-state index in [9.17, 15) is 9.59 Å². The molecule has 1 aromatic heterocycles. The molecule has 0 radical (unpaired) electrons.